The van der Waals surface area contributed by atoms with Gasteiger partial charge in [0.1, 0.15) is 5.82 Å². The molecule has 16 heavy (non-hydrogen) atoms. The second kappa shape index (κ2) is 6.76. The van der Waals surface area contributed by atoms with Crippen LogP contribution in [-0.2, 0) is 23.1 Å². The molecule has 0 bridgehead atoms. The number of nitrogens with two attached hydrogens (primary N) is 1. The quantitative estimate of drug-likeness (QED) is 0.833. The second-order valence-corrected chi connectivity index (χ2v) is 5.31. The monoisotopic (exact) mass is 243 g/mol. The first-order valence-electron chi connectivity index (χ1n) is 5.50. The van der Waals surface area contributed by atoms with Gasteiger partial charge in [-0.25, -0.2) is 4.39 Å². The molecule has 1 unspecified atom stereocenters. The van der Waals surface area contributed by atoms with E-state index in [1.165, 1.54) is 0 Å². The standard InChI is InChI=1S/C12H18FNOS/c1-2-3-7-16(15)9-11-6-4-5-10(8-14)12(11)13/h4-6H,2-3,7-9,14H2,1H3. The molecule has 0 amide bonds. The number of halogens is 1. The molecule has 90 valence electrons. The van der Waals surface area contributed by atoms with Crippen molar-refractivity contribution < 1.29 is 8.60 Å². The van der Waals surface area contributed by atoms with Crippen molar-refractivity contribution >= 4 is 10.8 Å². The number of benzene rings is 1. The van der Waals surface area contributed by atoms with Gasteiger partial charge < -0.3 is 5.73 Å². The third-order valence-corrected chi connectivity index (χ3v) is 3.80. The minimum absolute atomic E-state index is 0.182. The summed E-state index contributed by atoms with van der Waals surface area (Å²) < 4.78 is 25.4. The first-order chi connectivity index (χ1) is 7.69. The second-order valence-electron chi connectivity index (χ2n) is 3.74. The molecule has 0 aliphatic rings. The normalized spacial score (nSPS) is 12.7. The molecule has 0 radical (unpaired) electrons. The van der Waals surface area contributed by atoms with Gasteiger partial charge in [-0.05, 0) is 6.42 Å². The van der Waals surface area contributed by atoms with Crippen molar-refractivity contribution in [2.45, 2.75) is 32.1 Å². The summed E-state index contributed by atoms with van der Waals surface area (Å²) in [6.07, 6.45) is 1.93. The fourth-order valence-electron chi connectivity index (χ4n) is 1.45. The van der Waals surface area contributed by atoms with Gasteiger partial charge in [-0.2, -0.15) is 0 Å². The Morgan fingerprint density at radius 2 is 2.06 bits per heavy atom. The van der Waals surface area contributed by atoms with Crippen LogP contribution in [-0.4, -0.2) is 9.96 Å². The molecule has 0 heterocycles. The van der Waals surface area contributed by atoms with Crippen molar-refractivity contribution in [1.82, 2.24) is 0 Å². The Kier molecular flexibility index (Phi) is 5.63. The lowest BCUT2D eigenvalue weighted by Crippen LogP contribution is -2.06. The Labute approximate surface area is 98.5 Å². The number of hydrogen-bond donors (Lipinski definition) is 1. The van der Waals surface area contributed by atoms with Gasteiger partial charge >= 0.3 is 0 Å². The highest BCUT2D eigenvalue weighted by atomic mass is 32.2. The maximum Gasteiger partial charge on any atom is 0.131 e. The summed E-state index contributed by atoms with van der Waals surface area (Å²) in [4.78, 5) is 0. The van der Waals surface area contributed by atoms with E-state index in [9.17, 15) is 8.60 Å². The Hall–Kier alpha value is -0.740. The highest BCUT2D eigenvalue weighted by Gasteiger charge is 2.09. The van der Waals surface area contributed by atoms with Gasteiger partial charge in [-0.15, -0.1) is 0 Å². The van der Waals surface area contributed by atoms with Crippen LogP contribution in [0.1, 0.15) is 30.9 Å². The first kappa shape index (κ1) is 13.3. The molecule has 0 saturated heterocycles. The number of unbranched alkanes of at least 4 members (excludes halogenated alkanes) is 1. The van der Waals surface area contributed by atoms with E-state index in [0.29, 0.717) is 22.6 Å². The third-order valence-electron chi connectivity index (χ3n) is 2.42. The Morgan fingerprint density at radius 3 is 2.69 bits per heavy atom. The lowest BCUT2D eigenvalue weighted by molar-refractivity contribution is 0.598. The van der Waals surface area contributed by atoms with Crippen LogP contribution in [0.5, 0.6) is 0 Å². The van der Waals surface area contributed by atoms with Crippen molar-refractivity contribution in [3.8, 4) is 0 Å². The highest BCUT2D eigenvalue weighted by Crippen LogP contribution is 2.14. The van der Waals surface area contributed by atoms with E-state index < -0.39 is 10.8 Å². The van der Waals surface area contributed by atoms with E-state index in [2.05, 4.69) is 0 Å². The largest absolute Gasteiger partial charge is 0.326 e. The van der Waals surface area contributed by atoms with Gasteiger partial charge in [0.2, 0.25) is 0 Å². The topological polar surface area (TPSA) is 43.1 Å². The summed E-state index contributed by atoms with van der Waals surface area (Å²) in [6, 6.07) is 5.10. The maximum absolute atomic E-state index is 13.7. The van der Waals surface area contributed by atoms with Crippen LogP contribution in [0.25, 0.3) is 0 Å². The van der Waals surface area contributed by atoms with Crippen molar-refractivity contribution in [1.29, 1.82) is 0 Å². The van der Waals surface area contributed by atoms with Gasteiger partial charge in [0, 0.05) is 34.2 Å². The molecular formula is C12H18FNOS. The molecule has 1 aromatic carbocycles. The van der Waals surface area contributed by atoms with Crippen LogP contribution in [0.3, 0.4) is 0 Å². The molecule has 0 spiro atoms. The van der Waals surface area contributed by atoms with Crippen molar-refractivity contribution in [2.24, 2.45) is 5.73 Å². The molecule has 0 aromatic heterocycles. The van der Waals surface area contributed by atoms with Crippen molar-refractivity contribution in [2.75, 3.05) is 5.75 Å². The fraction of sp³-hybridized carbons (Fsp3) is 0.500. The van der Waals surface area contributed by atoms with Gasteiger partial charge in [0.05, 0.1) is 5.75 Å². The minimum atomic E-state index is -0.972. The van der Waals surface area contributed by atoms with E-state index in [-0.39, 0.29) is 12.4 Å². The predicted molar refractivity (Wildman–Crippen MR) is 65.9 cm³/mol. The number of hydrogen-bond acceptors (Lipinski definition) is 2. The smallest absolute Gasteiger partial charge is 0.131 e. The van der Waals surface area contributed by atoms with Crippen LogP contribution in [0.2, 0.25) is 0 Å². The molecule has 1 atom stereocenters. The Bertz CT molecular complexity index is 368. The molecular weight excluding hydrogens is 225 g/mol. The van der Waals surface area contributed by atoms with Gasteiger partial charge in [0.15, 0.2) is 0 Å². The molecule has 2 nitrogen and oxygen atoms in total. The molecule has 0 fully saturated rings. The maximum atomic E-state index is 13.7. The lowest BCUT2D eigenvalue weighted by Gasteiger charge is -2.06. The summed E-state index contributed by atoms with van der Waals surface area (Å²) in [5, 5.41) is 0. The van der Waals surface area contributed by atoms with Gasteiger partial charge in [-0.3, -0.25) is 4.21 Å². The summed E-state index contributed by atoms with van der Waals surface area (Å²) in [6.45, 7) is 2.23. The molecule has 0 aliphatic carbocycles. The van der Waals surface area contributed by atoms with Crippen LogP contribution in [0, 0.1) is 5.82 Å². The molecule has 1 aromatic rings. The average molecular weight is 243 g/mol. The zero-order chi connectivity index (χ0) is 12.0. The number of rotatable bonds is 6. The Balaban J connectivity index is 2.70. The molecule has 0 aliphatic heterocycles. The van der Waals surface area contributed by atoms with Crippen LogP contribution in [0.4, 0.5) is 4.39 Å². The van der Waals surface area contributed by atoms with Crippen LogP contribution in [0.15, 0.2) is 18.2 Å². The summed E-state index contributed by atoms with van der Waals surface area (Å²) >= 11 is 0. The zero-order valence-corrected chi connectivity index (χ0v) is 10.4. The van der Waals surface area contributed by atoms with E-state index >= 15 is 0 Å². The lowest BCUT2D eigenvalue weighted by atomic mass is 10.1. The van der Waals surface area contributed by atoms with Crippen LogP contribution < -0.4 is 5.73 Å². The SMILES string of the molecule is CCCCS(=O)Cc1cccc(CN)c1F. The molecule has 1 rings (SSSR count). The minimum Gasteiger partial charge on any atom is -0.326 e. The third kappa shape index (κ3) is 3.68. The average Bonchev–Trinajstić information content (AvgIpc) is 2.29. The van der Waals surface area contributed by atoms with E-state index in [4.69, 9.17) is 5.73 Å². The molecule has 2 N–H and O–H groups in total. The summed E-state index contributed by atoms with van der Waals surface area (Å²) in [5.74, 6) is 0.637. The first-order valence-corrected chi connectivity index (χ1v) is 6.99. The Morgan fingerprint density at radius 1 is 1.38 bits per heavy atom. The van der Waals surface area contributed by atoms with E-state index in [1.807, 2.05) is 6.92 Å². The zero-order valence-electron chi connectivity index (χ0n) is 9.54. The molecule has 4 heteroatoms. The highest BCUT2D eigenvalue weighted by molar-refractivity contribution is 7.84. The predicted octanol–water partition coefficient (Wildman–Crippen LogP) is 2.33. The summed E-state index contributed by atoms with van der Waals surface area (Å²) in [7, 11) is -0.972. The van der Waals surface area contributed by atoms with Crippen LogP contribution >= 0.6 is 0 Å². The van der Waals surface area contributed by atoms with E-state index in [0.717, 1.165) is 12.8 Å². The fourth-order valence-corrected chi connectivity index (χ4v) is 2.78. The van der Waals surface area contributed by atoms with Crippen molar-refractivity contribution in [3.63, 3.8) is 0 Å². The van der Waals surface area contributed by atoms with Gasteiger partial charge in [-0.1, -0.05) is 31.5 Å². The van der Waals surface area contributed by atoms with Crippen molar-refractivity contribution in [3.05, 3.63) is 35.1 Å². The summed E-state index contributed by atoms with van der Waals surface area (Å²) in [5.41, 5.74) is 6.42. The van der Waals surface area contributed by atoms with E-state index in [1.54, 1.807) is 18.2 Å². The van der Waals surface area contributed by atoms with Gasteiger partial charge in [0.25, 0.3) is 0 Å². The molecule has 0 saturated carbocycles.